The fraction of sp³-hybridized carbons (Fsp3) is 0.684. The Hall–Kier alpha value is -1.02. The van der Waals surface area contributed by atoms with E-state index in [0.29, 0.717) is 5.75 Å². The van der Waals surface area contributed by atoms with Crippen LogP contribution in [0.2, 0.25) is 0 Å². The Morgan fingerprint density at radius 1 is 0.905 bits per heavy atom. The number of aromatic hydroxyl groups is 1. The number of hydrogen-bond acceptors (Lipinski definition) is 2. The molecule has 2 heteroatoms. The fourth-order valence-electron chi connectivity index (χ4n) is 2.51. The summed E-state index contributed by atoms with van der Waals surface area (Å²) in [5, 5.41) is 10.7. The van der Waals surface area contributed by atoms with E-state index in [1.807, 2.05) is 0 Å². The van der Waals surface area contributed by atoms with E-state index >= 15 is 0 Å². The normalized spacial score (nSPS) is 13.0. The number of nitrogens with zero attached hydrogens (tertiary/aromatic N) is 1. The van der Waals surface area contributed by atoms with E-state index in [-0.39, 0.29) is 10.8 Å². The van der Waals surface area contributed by atoms with Crippen molar-refractivity contribution in [1.82, 2.24) is 4.90 Å². The first-order valence-electron chi connectivity index (χ1n) is 8.09. The molecule has 0 bridgehead atoms. The van der Waals surface area contributed by atoms with E-state index < -0.39 is 0 Å². The number of hydrogen-bond donors (Lipinski definition) is 1. The fourth-order valence-corrected chi connectivity index (χ4v) is 2.51. The lowest BCUT2D eigenvalue weighted by atomic mass is 9.79. The van der Waals surface area contributed by atoms with Gasteiger partial charge in [-0.2, -0.15) is 0 Å². The average molecular weight is 291 g/mol. The molecular weight excluding hydrogens is 258 g/mol. The van der Waals surface area contributed by atoms with Crippen molar-refractivity contribution in [3.63, 3.8) is 0 Å². The third-order valence-corrected chi connectivity index (χ3v) is 4.15. The molecule has 21 heavy (non-hydrogen) atoms. The van der Waals surface area contributed by atoms with E-state index in [9.17, 15) is 5.11 Å². The summed E-state index contributed by atoms with van der Waals surface area (Å²) in [7, 11) is 0. The van der Waals surface area contributed by atoms with Gasteiger partial charge in [-0.3, -0.25) is 4.90 Å². The SMILES string of the molecule is CCN(CC)Cc1cc(C(C)(C)C)cc(C(C)(C)C)c1O. The molecule has 0 saturated carbocycles. The molecule has 0 saturated heterocycles. The predicted octanol–water partition coefficient (Wildman–Crippen LogP) is 4.83. The van der Waals surface area contributed by atoms with E-state index in [4.69, 9.17) is 0 Å². The first kappa shape index (κ1) is 18.0. The molecule has 0 fully saturated rings. The molecular formula is C19H33NO. The largest absolute Gasteiger partial charge is 0.507 e. The van der Waals surface area contributed by atoms with Crippen molar-refractivity contribution in [3.8, 4) is 5.75 Å². The number of phenols is 1. The summed E-state index contributed by atoms with van der Waals surface area (Å²) in [5.74, 6) is 0.474. The zero-order valence-electron chi connectivity index (χ0n) is 15.2. The monoisotopic (exact) mass is 291 g/mol. The Balaban J connectivity index is 3.42. The van der Waals surface area contributed by atoms with Crippen molar-refractivity contribution in [2.75, 3.05) is 13.1 Å². The highest BCUT2D eigenvalue weighted by Crippen LogP contribution is 2.38. The highest BCUT2D eigenvalue weighted by atomic mass is 16.3. The second-order valence-electron chi connectivity index (χ2n) is 7.99. The van der Waals surface area contributed by atoms with Crippen LogP contribution in [0.5, 0.6) is 5.75 Å². The lowest BCUT2D eigenvalue weighted by molar-refractivity contribution is 0.289. The third-order valence-electron chi connectivity index (χ3n) is 4.15. The molecule has 0 aliphatic carbocycles. The Kier molecular flexibility index (Phi) is 5.49. The van der Waals surface area contributed by atoms with Crippen molar-refractivity contribution in [1.29, 1.82) is 0 Å². The van der Waals surface area contributed by atoms with Gasteiger partial charge in [0.15, 0.2) is 0 Å². The van der Waals surface area contributed by atoms with Gasteiger partial charge in [-0.05, 0) is 35.0 Å². The smallest absolute Gasteiger partial charge is 0.123 e. The first-order chi connectivity index (χ1) is 9.50. The quantitative estimate of drug-likeness (QED) is 0.859. The Morgan fingerprint density at radius 3 is 1.81 bits per heavy atom. The average Bonchev–Trinajstić information content (AvgIpc) is 2.34. The molecule has 0 aliphatic rings. The summed E-state index contributed by atoms with van der Waals surface area (Å²) in [6, 6.07) is 4.37. The molecule has 1 aromatic rings. The van der Waals surface area contributed by atoms with Crippen LogP contribution in [-0.2, 0) is 17.4 Å². The number of rotatable bonds is 4. The molecule has 0 atom stereocenters. The molecule has 0 amide bonds. The van der Waals surface area contributed by atoms with Gasteiger partial charge in [-0.1, -0.05) is 67.5 Å². The van der Waals surface area contributed by atoms with Gasteiger partial charge in [0.2, 0.25) is 0 Å². The van der Waals surface area contributed by atoms with Crippen LogP contribution in [0.15, 0.2) is 12.1 Å². The van der Waals surface area contributed by atoms with Gasteiger partial charge in [0, 0.05) is 12.1 Å². The predicted molar refractivity (Wildman–Crippen MR) is 92.1 cm³/mol. The standard InChI is InChI=1S/C19H33NO/c1-9-20(10-2)13-14-11-15(18(3,4)5)12-16(17(14)21)19(6,7)8/h11-12,21H,9-10,13H2,1-8H3. The van der Waals surface area contributed by atoms with E-state index in [0.717, 1.165) is 30.8 Å². The zero-order chi connectivity index (χ0) is 16.4. The minimum atomic E-state index is -0.0522. The molecule has 0 aliphatic heterocycles. The maximum Gasteiger partial charge on any atom is 0.123 e. The lowest BCUT2D eigenvalue weighted by Gasteiger charge is -2.29. The molecule has 2 nitrogen and oxygen atoms in total. The summed E-state index contributed by atoms with van der Waals surface area (Å²) in [5.41, 5.74) is 3.44. The number of phenolic OH excluding ortho intramolecular Hbond substituents is 1. The van der Waals surface area contributed by atoms with E-state index in [2.05, 4.69) is 72.4 Å². The van der Waals surface area contributed by atoms with Crippen LogP contribution in [-0.4, -0.2) is 23.1 Å². The second kappa shape index (κ2) is 6.39. The topological polar surface area (TPSA) is 23.5 Å². The van der Waals surface area contributed by atoms with Gasteiger partial charge in [0.1, 0.15) is 5.75 Å². The lowest BCUT2D eigenvalue weighted by Crippen LogP contribution is -2.24. The Bertz CT molecular complexity index is 474. The summed E-state index contributed by atoms with van der Waals surface area (Å²) < 4.78 is 0. The van der Waals surface area contributed by atoms with Crippen LogP contribution in [0.1, 0.15) is 72.1 Å². The Labute approximate surface area is 131 Å². The molecule has 1 rings (SSSR count). The summed E-state index contributed by atoms with van der Waals surface area (Å²) in [6.45, 7) is 20.3. The van der Waals surface area contributed by atoms with Crippen LogP contribution in [0, 0.1) is 0 Å². The van der Waals surface area contributed by atoms with Gasteiger partial charge < -0.3 is 5.11 Å². The van der Waals surface area contributed by atoms with Crippen LogP contribution in [0.4, 0.5) is 0 Å². The van der Waals surface area contributed by atoms with Crippen molar-refractivity contribution in [2.45, 2.75) is 72.8 Å². The van der Waals surface area contributed by atoms with Gasteiger partial charge in [0.05, 0.1) is 0 Å². The van der Waals surface area contributed by atoms with Crippen molar-refractivity contribution in [2.24, 2.45) is 0 Å². The number of benzene rings is 1. The third kappa shape index (κ3) is 4.47. The van der Waals surface area contributed by atoms with E-state index in [1.54, 1.807) is 0 Å². The Morgan fingerprint density at radius 2 is 1.43 bits per heavy atom. The van der Waals surface area contributed by atoms with Gasteiger partial charge in [-0.25, -0.2) is 0 Å². The molecule has 0 spiro atoms. The molecule has 120 valence electrons. The first-order valence-corrected chi connectivity index (χ1v) is 8.09. The molecule has 1 aromatic carbocycles. The highest BCUT2D eigenvalue weighted by Gasteiger charge is 2.25. The van der Waals surface area contributed by atoms with Gasteiger partial charge in [0.25, 0.3) is 0 Å². The van der Waals surface area contributed by atoms with E-state index in [1.165, 1.54) is 5.56 Å². The van der Waals surface area contributed by atoms with Crippen molar-refractivity contribution < 1.29 is 5.11 Å². The molecule has 0 heterocycles. The minimum Gasteiger partial charge on any atom is -0.507 e. The summed E-state index contributed by atoms with van der Waals surface area (Å²) in [6.07, 6.45) is 0. The molecule has 1 N–H and O–H groups in total. The molecule has 0 aromatic heterocycles. The van der Waals surface area contributed by atoms with Crippen LogP contribution in [0.25, 0.3) is 0 Å². The van der Waals surface area contributed by atoms with Crippen LogP contribution in [0.3, 0.4) is 0 Å². The molecule has 0 radical (unpaired) electrons. The maximum absolute atomic E-state index is 10.7. The molecule has 0 unspecified atom stereocenters. The maximum atomic E-state index is 10.7. The van der Waals surface area contributed by atoms with Crippen molar-refractivity contribution in [3.05, 3.63) is 28.8 Å². The van der Waals surface area contributed by atoms with Crippen LogP contribution >= 0.6 is 0 Å². The van der Waals surface area contributed by atoms with Crippen LogP contribution < -0.4 is 0 Å². The van der Waals surface area contributed by atoms with Crippen molar-refractivity contribution >= 4 is 0 Å². The zero-order valence-corrected chi connectivity index (χ0v) is 15.2. The van der Waals surface area contributed by atoms with Gasteiger partial charge in [-0.15, -0.1) is 0 Å². The highest BCUT2D eigenvalue weighted by molar-refractivity contribution is 5.48. The summed E-state index contributed by atoms with van der Waals surface area (Å²) >= 11 is 0. The minimum absolute atomic E-state index is 0.0522. The second-order valence-corrected chi connectivity index (χ2v) is 7.99. The van der Waals surface area contributed by atoms with Gasteiger partial charge >= 0.3 is 0 Å². The summed E-state index contributed by atoms with van der Waals surface area (Å²) in [4.78, 5) is 2.34.